The first kappa shape index (κ1) is 16.2. The molecule has 3 unspecified atom stereocenters. The van der Waals surface area contributed by atoms with Gasteiger partial charge in [0.25, 0.3) is 5.92 Å². The van der Waals surface area contributed by atoms with Gasteiger partial charge in [0.2, 0.25) is 0 Å². The first-order valence-electron chi connectivity index (χ1n) is 6.96. The molecule has 0 aliphatic heterocycles. The lowest BCUT2D eigenvalue weighted by molar-refractivity contribution is -0.159. The van der Waals surface area contributed by atoms with Gasteiger partial charge in [-0.1, -0.05) is 12.2 Å². The fourth-order valence-electron chi connectivity index (χ4n) is 2.91. The summed E-state index contributed by atoms with van der Waals surface area (Å²) in [7, 11) is 0. The molecule has 1 fully saturated rings. The van der Waals surface area contributed by atoms with Gasteiger partial charge >= 0.3 is 12.1 Å². The Hall–Kier alpha value is -1.14. The Kier molecular flexibility index (Phi) is 4.58. The standard InChI is InChI=1S/C14H17F5O2/c15-13(16,3-4-14(17,18)19)5-6-21-12(20)11-8-9-1-2-10(11)7-9/h1-2,9-11H,3-8H2. The highest BCUT2D eigenvalue weighted by molar-refractivity contribution is 5.74. The topological polar surface area (TPSA) is 26.3 Å². The predicted molar refractivity (Wildman–Crippen MR) is 64.7 cm³/mol. The van der Waals surface area contributed by atoms with E-state index in [1.165, 1.54) is 0 Å². The van der Waals surface area contributed by atoms with Crippen molar-refractivity contribution >= 4 is 5.97 Å². The second-order valence-electron chi connectivity index (χ2n) is 5.78. The summed E-state index contributed by atoms with van der Waals surface area (Å²) < 4.78 is 67.0. The van der Waals surface area contributed by atoms with Crippen LogP contribution in [0.5, 0.6) is 0 Å². The largest absolute Gasteiger partial charge is 0.465 e. The molecule has 0 radical (unpaired) electrons. The molecule has 120 valence electrons. The SMILES string of the molecule is O=C(OCCC(F)(F)CCC(F)(F)F)C1CC2C=CC1C2. The first-order chi connectivity index (χ1) is 9.66. The molecule has 0 aromatic heterocycles. The van der Waals surface area contributed by atoms with Crippen molar-refractivity contribution in [2.45, 2.75) is 44.2 Å². The lowest BCUT2D eigenvalue weighted by Gasteiger charge is -2.19. The van der Waals surface area contributed by atoms with Crippen LogP contribution >= 0.6 is 0 Å². The maximum Gasteiger partial charge on any atom is 0.389 e. The van der Waals surface area contributed by atoms with E-state index in [0.717, 1.165) is 6.42 Å². The van der Waals surface area contributed by atoms with E-state index in [9.17, 15) is 26.7 Å². The number of fused-ring (bicyclic) bond motifs is 2. The molecule has 7 heteroatoms. The van der Waals surface area contributed by atoms with Gasteiger partial charge in [-0.25, -0.2) is 8.78 Å². The summed E-state index contributed by atoms with van der Waals surface area (Å²) in [6.45, 7) is -0.540. The van der Waals surface area contributed by atoms with Gasteiger partial charge in [0.15, 0.2) is 0 Å². The average molecular weight is 312 g/mol. The number of hydrogen-bond donors (Lipinski definition) is 0. The minimum absolute atomic E-state index is 0.119. The molecule has 2 aliphatic rings. The Morgan fingerprint density at radius 1 is 1.05 bits per heavy atom. The molecule has 2 rings (SSSR count). The average Bonchev–Trinajstić information content (AvgIpc) is 2.97. The monoisotopic (exact) mass is 312 g/mol. The summed E-state index contributed by atoms with van der Waals surface area (Å²) in [5, 5.41) is 0. The molecule has 2 bridgehead atoms. The Morgan fingerprint density at radius 3 is 2.29 bits per heavy atom. The van der Waals surface area contributed by atoms with Gasteiger partial charge in [0.05, 0.1) is 12.5 Å². The fraction of sp³-hybridized carbons (Fsp3) is 0.786. The lowest BCUT2D eigenvalue weighted by atomic mass is 9.94. The van der Waals surface area contributed by atoms with E-state index in [1.54, 1.807) is 0 Å². The van der Waals surface area contributed by atoms with Crippen LogP contribution in [-0.2, 0) is 9.53 Å². The van der Waals surface area contributed by atoms with Crippen LogP contribution in [0, 0.1) is 17.8 Å². The van der Waals surface area contributed by atoms with E-state index in [4.69, 9.17) is 4.74 Å². The van der Waals surface area contributed by atoms with E-state index >= 15 is 0 Å². The molecular formula is C14H17F5O2. The molecule has 21 heavy (non-hydrogen) atoms. The van der Waals surface area contributed by atoms with E-state index in [2.05, 4.69) is 0 Å². The van der Waals surface area contributed by atoms with Crippen LogP contribution in [0.2, 0.25) is 0 Å². The van der Waals surface area contributed by atoms with Crippen molar-refractivity contribution in [3.63, 3.8) is 0 Å². The van der Waals surface area contributed by atoms with Crippen LogP contribution in [0.4, 0.5) is 22.0 Å². The number of ether oxygens (including phenoxy) is 1. The Morgan fingerprint density at radius 2 is 1.76 bits per heavy atom. The van der Waals surface area contributed by atoms with Crippen molar-refractivity contribution in [2.24, 2.45) is 17.8 Å². The van der Waals surface area contributed by atoms with Crippen molar-refractivity contribution < 1.29 is 31.5 Å². The van der Waals surface area contributed by atoms with Gasteiger partial charge in [-0.3, -0.25) is 4.79 Å². The summed E-state index contributed by atoms with van der Waals surface area (Å²) in [5.41, 5.74) is 0. The number of alkyl halides is 5. The molecule has 0 aromatic carbocycles. The zero-order chi connectivity index (χ0) is 15.7. The van der Waals surface area contributed by atoms with E-state index in [0.29, 0.717) is 12.3 Å². The minimum atomic E-state index is -4.60. The zero-order valence-corrected chi connectivity index (χ0v) is 11.3. The highest BCUT2D eigenvalue weighted by atomic mass is 19.4. The summed E-state index contributed by atoms with van der Waals surface area (Å²) in [5.74, 6) is -3.79. The third-order valence-corrected chi connectivity index (χ3v) is 4.07. The molecule has 2 nitrogen and oxygen atoms in total. The molecule has 0 aromatic rings. The van der Waals surface area contributed by atoms with Gasteiger partial charge in [-0.05, 0) is 24.7 Å². The number of halogens is 5. The van der Waals surface area contributed by atoms with Gasteiger partial charge in [-0.15, -0.1) is 0 Å². The number of carbonyl (C=O) groups is 1. The first-order valence-corrected chi connectivity index (χ1v) is 6.96. The fourth-order valence-corrected chi connectivity index (χ4v) is 2.91. The quantitative estimate of drug-likeness (QED) is 0.419. The Balaban J connectivity index is 1.69. The van der Waals surface area contributed by atoms with E-state index in [-0.39, 0.29) is 11.8 Å². The van der Waals surface area contributed by atoms with Gasteiger partial charge in [-0.2, -0.15) is 13.2 Å². The normalized spacial score (nSPS) is 28.1. The van der Waals surface area contributed by atoms with Crippen molar-refractivity contribution in [2.75, 3.05) is 6.61 Å². The molecule has 0 spiro atoms. The highest BCUT2D eigenvalue weighted by Gasteiger charge is 2.41. The molecule has 3 atom stereocenters. The molecule has 0 N–H and O–H groups in total. The summed E-state index contributed by atoms with van der Waals surface area (Å²) >= 11 is 0. The summed E-state index contributed by atoms with van der Waals surface area (Å²) in [4.78, 5) is 11.8. The van der Waals surface area contributed by atoms with Crippen LogP contribution in [-0.4, -0.2) is 24.7 Å². The molecule has 0 heterocycles. The van der Waals surface area contributed by atoms with Crippen LogP contribution in [0.15, 0.2) is 12.2 Å². The van der Waals surface area contributed by atoms with Crippen molar-refractivity contribution in [3.05, 3.63) is 12.2 Å². The van der Waals surface area contributed by atoms with Crippen molar-refractivity contribution in [1.82, 2.24) is 0 Å². The van der Waals surface area contributed by atoms with Crippen LogP contribution in [0.3, 0.4) is 0 Å². The van der Waals surface area contributed by atoms with E-state index in [1.807, 2.05) is 12.2 Å². The van der Waals surface area contributed by atoms with Gasteiger partial charge in [0.1, 0.15) is 0 Å². The number of esters is 1. The smallest absolute Gasteiger partial charge is 0.389 e. The summed E-state index contributed by atoms with van der Waals surface area (Å²) in [6.07, 6.45) is -2.74. The maximum absolute atomic E-state index is 13.2. The third kappa shape index (κ3) is 4.68. The molecule has 1 saturated carbocycles. The van der Waals surface area contributed by atoms with Crippen molar-refractivity contribution in [1.29, 1.82) is 0 Å². The molecule has 0 amide bonds. The van der Waals surface area contributed by atoms with Crippen LogP contribution in [0.25, 0.3) is 0 Å². The number of allylic oxidation sites excluding steroid dienone is 2. The second kappa shape index (κ2) is 5.93. The Bertz CT molecular complexity index is 416. The van der Waals surface area contributed by atoms with Crippen molar-refractivity contribution in [3.8, 4) is 0 Å². The molecule has 0 saturated heterocycles. The number of rotatable bonds is 6. The predicted octanol–water partition coefficient (Wildman–Crippen LogP) is 4.11. The second-order valence-corrected chi connectivity index (χ2v) is 5.78. The van der Waals surface area contributed by atoms with Gasteiger partial charge in [0, 0.05) is 19.3 Å². The minimum Gasteiger partial charge on any atom is -0.465 e. The highest BCUT2D eigenvalue weighted by Crippen LogP contribution is 2.44. The van der Waals surface area contributed by atoms with Crippen LogP contribution < -0.4 is 0 Å². The summed E-state index contributed by atoms with van der Waals surface area (Å²) in [6, 6.07) is 0. The molecular weight excluding hydrogens is 295 g/mol. The maximum atomic E-state index is 13.2. The third-order valence-electron chi connectivity index (χ3n) is 4.07. The zero-order valence-electron chi connectivity index (χ0n) is 11.3. The Labute approximate surface area is 119 Å². The number of carbonyl (C=O) groups excluding carboxylic acids is 1. The molecule has 2 aliphatic carbocycles. The lowest BCUT2D eigenvalue weighted by Crippen LogP contribution is -2.26. The van der Waals surface area contributed by atoms with E-state index < -0.39 is 43.9 Å². The van der Waals surface area contributed by atoms with Gasteiger partial charge < -0.3 is 4.74 Å². The number of hydrogen-bond acceptors (Lipinski definition) is 2. The van der Waals surface area contributed by atoms with Crippen LogP contribution in [0.1, 0.15) is 32.1 Å².